The second-order valence-corrected chi connectivity index (χ2v) is 4.18. The Morgan fingerprint density at radius 2 is 2.17 bits per heavy atom. The topological polar surface area (TPSA) is 55.0 Å². The zero-order valence-electron chi connectivity index (χ0n) is 10.8. The van der Waals surface area contributed by atoms with Crippen LogP contribution in [0.1, 0.15) is 28.7 Å². The van der Waals surface area contributed by atoms with Gasteiger partial charge < -0.3 is 9.72 Å². The van der Waals surface area contributed by atoms with E-state index in [1.807, 2.05) is 26.0 Å². The quantitative estimate of drug-likeness (QED) is 0.845. The third-order valence-electron chi connectivity index (χ3n) is 2.72. The monoisotopic (exact) mass is 244 g/mol. The fourth-order valence-corrected chi connectivity index (χ4v) is 1.88. The van der Waals surface area contributed by atoms with Crippen molar-refractivity contribution in [1.82, 2.24) is 9.97 Å². The first-order valence-electron chi connectivity index (χ1n) is 5.91. The summed E-state index contributed by atoms with van der Waals surface area (Å²) in [6.45, 7) is 6.20. The highest BCUT2D eigenvalue weighted by Crippen LogP contribution is 2.22. The molecule has 0 radical (unpaired) electrons. The van der Waals surface area contributed by atoms with Gasteiger partial charge >= 0.3 is 5.97 Å². The fraction of sp³-hybridized carbons (Fsp3) is 0.286. The van der Waals surface area contributed by atoms with Crippen LogP contribution in [0.3, 0.4) is 0 Å². The molecule has 0 bridgehead atoms. The largest absolute Gasteiger partial charge is 0.460 e. The van der Waals surface area contributed by atoms with Crippen LogP contribution < -0.4 is 0 Å². The minimum absolute atomic E-state index is 0.242. The normalized spacial score (nSPS) is 10.4. The summed E-state index contributed by atoms with van der Waals surface area (Å²) >= 11 is 0. The summed E-state index contributed by atoms with van der Waals surface area (Å²) in [4.78, 5) is 18.5. The van der Waals surface area contributed by atoms with Gasteiger partial charge in [0, 0.05) is 5.56 Å². The van der Waals surface area contributed by atoms with Crippen LogP contribution >= 0.6 is 0 Å². The third kappa shape index (κ3) is 2.42. The van der Waals surface area contributed by atoms with Gasteiger partial charge in [-0.15, -0.1) is 0 Å². The number of imidazole rings is 1. The Labute approximate surface area is 106 Å². The number of nitrogens with one attached hydrogen (secondary N) is 1. The van der Waals surface area contributed by atoms with E-state index in [2.05, 4.69) is 16.0 Å². The van der Waals surface area contributed by atoms with Gasteiger partial charge in [0.05, 0.1) is 18.5 Å². The molecule has 0 aliphatic heterocycles. The minimum Gasteiger partial charge on any atom is -0.460 e. The van der Waals surface area contributed by atoms with Crippen molar-refractivity contribution < 1.29 is 9.53 Å². The van der Waals surface area contributed by atoms with E-state index < -0.39 is 5.97 Å². The van der Waals surface area contributed by atoms with Crippen LogP contribution in [0, 0.1) is 13.8 Å². The molecule has 0 atom stereocenters. The van der Waals surface area contributed by atoms with Gasteiger partial charge in [-0.1, -0.05) is 23.8 Å². The number of aromatic nitrogens is 2. The maximum Gasteiger partial charge on any atom is 0.374 e. The lowest BCUT2D eigenvalue weighted by molar-refractivity contribution is 0.0513. The number of hydrogen-bond acceptors (Lipinski definition) is 3. The second-order valence-electron chi connectivity index (χ2n) is 4.18. The molecule has 0 saturated heterocycles. The van der Waals surface area contributed by atoms with Crippen LogP contribution in [-0.2, 0) is 4.74 Å². The number of aryl methyl sites for hydroxylation is 2. The zero-order chi connectivity index (χ0) is 13.1. The lowest BCUT2D eigenvalue weighted by Crippen LogP contribution is -2.06. The second kappa shape index (κ2) is 5.04. The average Bonchev–Trinajstić information content (AvgIpc) is 2.78. The molecule has 0 aliphatic carbocycles. The first-order chi connectivity index (χ1) is 8.61. The lowest BCUT2D eigenvalue weighted by atomic mass is 10.0. The molecule has 1 heterocycles. The Morgan fingerprint density at radius 3 is 2.83 bits per heavy atom. The Bertz CT molecular complexity index is 573. The molecule has 4 nitrogen and oxygen atoms in total. The molecule has 2 aromatic rings. The highest BCUT2D eigenvalue weighted by Gasteiger charge is 2.12. The van der Waals surface area contributed by atoms with Gasteiger partial charge in [0.25, 0.3) is 0 Å². The van der Waals surface area contributed by atoms with Gasteiger partial charge in [0.1, 0.15) is 0 Å². The van der Waals surface area contributed by atoms with E-state index in [0.717, 1.165) is 16.8 Å². The molecule has 18 heavy (non-hydrogen) atoms. The summed E-state index contributed by atoms with van der Waals surface area (Å²) in [5.74, 6) is -0.180. The molecule has 1 aromatic carbocycles. The predicted molar refractivity (Wildman–Crippen MR) is 69.5 cm³/mol. The zero-order valence-corrected chi connectivity index (χ0v) is 10.8. The highest BCUT2D eigenvalue weighted by atomic mass is 16.5. The number of rotatable bonds is 3. The average molecular weight is 244 g/mol. The Kier molecular flexibility index (Phi) is 3.46. The molecule has 0 unspecified atom stereocenters. The SMILES string of the molecule is CCOC(=O)c1ncc(-c2ccc(C)cc2C)[nH]1. The van der Waals surface area contributed by atoms with Crippen LogP contribution in [0.5, 0.6) is 0 Å². The van der Waals surface area contributed by atoms with E-state index in [1.54, 1.807) is 13.1 Å². The van der Waals surface area contributed by atoms with Gasteiger partial charge in [-0.05, 0) is 26.3 Å². The van der Waals surface area contributed by atoms with Crippen molar-refractivity contribution in [3.8, 4) is 11.3 Å². The fourth-order valence-electron chi connectivity index (χ4n) is 1.88. The number of nitrogens with zero attached hydrogens (tertiary/aromatic N) is 1. The maximum atomic E-state index is 11.5. The van der Waals surface area contributed by atoms with Crippen molar-refractivity contribution in [3.05, 3.63) is 41.3 Å². The number of aromatic amines is 1. The summed E-state index contributed by atoms with van der Waals surface area (Å²) in [6, 6.07) is 6.15. The van der Waals surface area contributed by atoms with E-state index in [0.29, 0.717) is 6.61 Å². The van der Waals surface area contributed by atoms with Crippen LogP contribution in [0.4, 0.5) is 0 Å². The number of hydrogen-bond donors (Lipinski definition) is 1. The van der Waals surface area contributed by atoms with Crippen molar-refractivity contribution in [2.24, 2.45) is 0 Å². The number of H-pyrrole nitrogens is 1. The molecular formula is C14H16N2O2. The minimum atomic E-state index is -0.423. The van der Waals surface area contributed by atoms with Crippen LogP contribution in [0.25, 0.3) is 11.3 Å². The van der Waals surface area contributed by atoms with E-state index in [9.17, 15) is 4.79 Å². The molecule has 0 amide bonds. The van der Waals surface area contributed by atoms with Crippen molar-refractivity contribution in [2.45, 2.75) is 20.8 Å². The Balaban J connectivity index is 2.32. The highest BCUT2D eigenvalue weighted by molar-refractivity contribution is 5.86. The number of benzene rings is 1. The van der Waals surface area contributed by atoms with Gasteiger partial charge in [0.15, 0.2) is 0 Å². The van der Waals surface area contributed by atoms with Crippen LogP contribution in [-0.4, -0.2) is 22.5 Å². The Morgan fingerprint density at radius 1 is 1.39 bits per heavy atom. The predicted octanol–water partition coefficient (Wildman–Crippen LogP) is 2.87. The third-order valence-corrected chi connectivity index (χ3v) is 2.72. The summed E-state index contributed by atoms with van der Waals surface area (Å²) < 4.78 is 4.89. The first-order valence-corrected chi connectivity index (χ1v) is 5.91. The van der Waals surface area contributed by atoms with Crippen molar-refractivity contribution >= 4 is 5.97 Å². The summed E-state index contributed by atoms with van der Waals surface area (Å²) in [7, 11) is 0. The van der Waals surface area contributed by atoms with Gasteiger partial charge in [0.2, 0.25) is 5.82 Å². The molecule has 0 saturated carbocycles. The molecule has 0 spiro atoms. The van der Waals surface area contributed by atoms with E-state index in [1.165, 1.54) is 5.56 Å². The molecule has 4 heteroatoms. The molecular weight excluding hydrogens is 228 g/mol. The maximum absolute atomic E-state index is 11.5. The smallest absolute Gasteiger partial charge is 0.374 e. The number of ether oxygens (including phenoxy) is 1. The molecule has 94 valence electrons. The molecule has 0 fully saturated rings. The number of carbonyl (C=O) groups is 1. The van der Waals surface area contributed by atoms with E-state index in [4.69, 9.17) is 4.74 Å². The summed E-state index contributed by atoms with van der Waals surface area (Å²) in [5.41, 5.74) is 4.23. The number of esters is 1. The Hall–Kier alpha value is -2.10. The van der Waals surface area contributed by atoms with E-state index >= 15 is 0 Å². The molecule has 1 N–H and O–H groups in total. The molecule has 0 aliphatic rings. The summed E-state index contributed by atoms with van der Waals surface area (Å²) in [6.07, 6.45) is 1.66. The van der Waals surface area contributed by atoms with Crippen molar-refractivity contribution in [3.63, 3.8) is 0 Å². The van der Waals surface area contributed by atoms with Gasteiger partial charge in [-0.25, -0.2) is 9.78 Å². The van der Waals surface area contributed by atoms with Gasteiger partial charge in [-0.2, -0.15) is 0 Å². The standard InChI is InChI=1S/C14H16N2O2/c1-4-18-14(17)13-15-8-12(16-13)11-6-5-9(2)7-10(11)3/h5-8H,4H2,1-3H3,(H,15,16). The van der Waals surface area contributed by atoms with Crippen LogP contribution in [0.15, 0.2) is 24.4 Å². The van der Waals surface area contributed by atoms with Gasteiger partial charge in [-0.3, -0.25) is 0 Å². The summed E-state index contributed by atoms with van der Waals surface area (Å²) in [5, 5.41) is 0. The van der Waals surface area contributed by atoms with Crippen molar-refractivity contribution in [1.29, 1.82) is 0 Å². The van der Waals surface area contributed by atoms with E-state index in [-0.39, 0.29) is 5.82 Å². The molecule has 1 aromatic heterocycles. The number of carbonyl (C=O) groups excluding carboxylic acids is 1. The molecule has 2 rings (SSSR count). The first kappa shape index (κ1) is 12.4. The van der Waals surface area contributed by atoms with Crippen LogP contribution in [0.2, 0.25) is 0 Å². The van der Waals surface area contributed by atoms with Crippen molar-refractivity contribution in [2.75, 3.05) is 6.61 Å². The lowest BCUT2D eigenvalue weighted by Gasteiger charge is -2.04.